The molecule has 0 atom stereocenters. The molecule has 0 bridgehead atoms. The van der Waals surface area contributed by atoms with Crippen molar-refractivity contribution in [3.05, 3.63) is 81.2 Å². The van der Waals surface area contributed by atoms with Crippen molar-refractivity contribution in [2.45, 2.75) is 30.6 Å². The average Bonchev–Trinajstić information content (AvgIpc) is 2.78. The van der Waals surface area contributed by atoms with E-state index < -0.39 is 10.1 Å². The predicted molar refractivity (Wildman–Crippen MR) is 124 cm³/mol. The normalized spacial score (nSPS) is 16.7. The lowest BCUT2D eigenvalue weighted by atomic mass is 9.84. The summed E-state index contributed by atoms with van der Waals surface area (Å²) in [5.41, 5.74) is 5.92. The highest BCUT2D eigenvalue weighted by Gasteiger charge is 2.33. The van der Waals surface area contributed by atoms with Crippen molar-refractivity contribution in [1.82, 2.24) is 0 Å². The summed E-state index contributed by atoms with van der Waals surface area (Å²) in [6.07, 6.45) is 4.08. The Labute approximate surface area is 187 Å². The van der Waals surface area contributed by atoms with Crippen LogP contribution in [-0.4, -0.2) is 26.1 Å². The first-order valence-corrected chi connectivity index (χ1v) is 12.4. The van der Waals surface area contributed by atoms with E-state index in [0.717, 1.165) is 66.1 Å². The summed E-state index contributed by atoms with van der Waals surface area (Å²) in [7, 11) is -4.41. The molecule has 0 aliphatic carbocycles. The summed E-state index contributed by atoms with van der Waals surface area (Å²) in [6, 6.07) is 14.5. The van der Waals surface area contributed by atoms with Crippen LogP contribution in [0.2, 0.25) is 0 Å². The lowest BCUT2D eigenvalue weighted by molar-refractivity contribution is 0.460. The molecule has 0 spiro atoms. The van der Waals surface area contributed by atoms with E-state index in [1.54, 1.807) is 18.2 Å². The minimum Gasteiger partial charge on any atom is -0.456 e. The molecular formula is C26H23NO4S. The van der Waals surface area contributed by atoms with Gasteiger partial charge in [0.05, 0.1) is 0 Å². The number of hydrogen-bond donors (Lipinski definition) is 1. The molecule has 162 valence electrons. The molecule has 3 aliphatic rings. The molecule has 5 nitrogen and oxygen atoms in total. The molecule has 6 rings (SSSR count). The number of nitrogens with zero attached hydrogens (tertiary/aromatic N) is 1. The van der Waals surface area contributed by atoms with Gasteiger partial charge in [0, 0.05) is 46.3 Å². The van der Waals surface area contributed by atoms with E-state index in [4.69, 9.17) is 4.74 Å². The van der Waals surface area contributed by atoms with Gasteiger partial charge in [-0.1, -0.05) is 36.9 Å². The Hall–Kier alpha value is -3.09. The largest absolute Gasteiger partial charge is 0.456 e. The first-order chi connectivity index (χ1) is 15.4. The van der Waals surface area contributed by atoms with Crippen LogP contribution in [0.15, 0.2) is 53.4 Å². The Morgan fingerprint density at radius 1 is 0.969 bits per heavy atom. The van der Waals surface area contributed by atoms with Crippen LogP contribution in [0, 0.1) is 0 Å². The van der Waals surface area contributed by atoms with Gasteiger partial charge in [-0.2, -0.15) is 8.42 Å². The van der Waals surface area contributed by atoms with Gasteiger partial charge in [-0.25, -0.2) is 0 Å². The number of anilines is 1. The lowest BCUT2D eigenvalue weighted by Crippen LogP contribution is -2.35. The smallest absolute Gasteiger partial charge is 0.295 e. The number of rotatable bonds is 2. The first-order valence-electron chi connectivity index (χ1n) is 10.9. The maximum absolute atomic E-state index is 12.3. The fraction of sp³-hybridized carbons (Fsp3) is 0.231. The SMILES string of the molecule is C=c1ccc2c(c1)Oc1c(cc3c4c1CCCN4CCC3)C=2c1ccccc1S(=O)(=O)O. The molecule has 0 radical (unpaired) electrons. The van der Waals surface area contributed by atoms with Crippen molar-refractivity contribution in [3.8, 4) is 11.5 Å². The molecule has 0 saturated heterocycles. The van der Waals surface area contributed by atoms with Gasteiger partial charge in [0.25, 0.3) is 10.1 Å². The standard InChI is InChI=1S/C26H23NO4S/c1-16-10-11-18-22(14-16)31-26-20-8-5-13-27-12-4-6-17(25(20)27)15-21(26)24(18)19-7-2-3-9-23(19)32(28,29)30/h2-3,7,9-11,14-15H,1,4-6,8,12-13H2,(H,28,29,30). The van der Waals surface area contributed by atoms with E-state index in [1.165, 1.54) is 22.9 Å². The second-order valence-electron chi connectivity index (χ2n) is 8.71. The third-order valence-corrected chi connectivity index (χ3v) is 7.62. The zero-order valence-electron chi connectivity index (χ0n) is 17.6. The summed E-state index contributed by atoms with van der Waals surface area (Å²) in [4.78, 5) is 2.36. The van der Waals surface area contributed by atoms with Crippen LogP contribution >= 0.6 is 0 Å². The highest BCUT2D eigenvalue weighted by molar-refractivity contribution is 7.86. The Balaban J connectivity index is 1.76. The van der Waals surface area contributed by atoms with Gasteiger partial charge in [-0.05, 0) is 54.7 Å². The highest BCUT2D eigenvalue weighted by atomic mass is 32.2. The molecule has 32 heavy (non-hydrogen) atoms. The molecule has 0 unspecified atom stereocenters. The van der Waals surface area contributed by atoms with Crippen LogP contribution in [-0.2, 0) is 23.0 Å². The molecule has 3 aromatic carbocycles. The molecule has 3 heterocycles. The zero-order valence-corrected chi connectivity index (χ0v) is 18.4. The van der Waals surface area contributed by atoms with Gasteiger partial charge in [0.1, 0.15) is 16.4 Å². The van der Waals surface area contributed by atoms with E-state index in [1.807, 2.05) is 18.2 Å². The first kappa shape index (κ1) is 19.6. The lowest BCUT2D eigenvalue weighted by Gasteiger charge is -2.39. The topological polar surface area (TPSA) is 66.8 Å². The Bertz CT molecular complexity index is 1510. The molecule has 0 amide bonds. The molecule has 1 N–H and O–H groups in total. The molecule has 6 heteroatoms. The summed E-state index contributed by atoms with van der Waals surface area (Å²) in [5, 5.41) is 1.62. The highest BCUT2D eigenvalue weighted by Crippen LogP contribution is 2.48. The van der Waals surface area contributed by atoms with E-state index in [-0.39, 0.29) is 4.90 Å². The van der Waals surface area contributed by atoms with E-state index in [9.17, 15) is 13.0 Å². The summed E-state index contributed by atoms with van der Waals surface area (Å²) in [5.74, 6) is 1.46. The van der Waals surface area contributed by atoms with Gasteiger partial charge >= 0.3 is 0 Å². The van der Waals surface area contributed by atoms with Crippen molar-refractivity contribution < 1.29 is 17.7 Å². The maximum Gasteiger partial charge on any atom is 0.295 e. The molecule has 0 fully saturated rings. The second kappa shape index (κ2) is 6.95. The number of ether oxygens (including phenoxy) is 1. The van der Waals surface area contributed by atoms with Gasteiger partial charge in [-0.15, -0.1) is 0 Å². The fourth-order valence-corrected chi connectivity index (χ4v) is 6.13. The summed E-state index contributed by atoms with van der Waals surface area (Å²) in [6.45, 7) is 6.15. The molecule has 0 saturated carbocycles. The number of fused-ring (bicyclic) bond motifs is 3. The maximum atomic E-state index is 12.3. The number of benzene rings is 3. The van der Waals surface area contributed by atoms with Crippen molar-refractivity contribution in [2.75, 3.05) is 18.0 Å². The number of aryl methyl sites for hydroxylation is 1. The Morgan fingerprint density at radius 2 is 1.75 bits per heavy atom. The second-order valence-corrected chi connectivity index (χ2v) is 10.1. The summed E-state index contributed by atoms with van der Waals surface area (Å²) < 4.78 is 41.0. The van der Waals surface area contributed by atoms with Gasteiger partial charge in [0.15, 0.2) is 0 Å². The van der Waals surface area contributed by atoms with Gasteiger partial charge in [-0.3, -0.25) is 4.55 Å². The minimum absolute atomic E-state index is 0.0968. The Morgan fingerprint density at radius 3 is 2.56 bits per heavy atom. The quantitative estimate of drug-likeness (QED) is 0.479. The van der Waals surface area contributed by atoms with Crippen molar-refractivity contribution in [1.29, 1.82) is 0 Å². The monoisotopic (exact) mass is 445 g/mol. The average molecular weight is 446 g/mol. The van der Waals surface area contributed by atoms with Gasteiger partial charge in [0.2, 0.25) is 0 Å². The molecule has 3 aromatic rings. The fourth-order valence-electron chi connectivity index (χ4n) is 5.43. The van der Waals surface area contributed by atoms with Crippen LogP contribution < -0.4 is 20.1 Å². The third kappa shape index (κ3) is 2.90. The van der Waals surface area contributed by atoms with Crippen molar-refractivity contribution >= 4 is 28.0 Å². The molecule has 3 aliphatic heterocycles. The van der Waals surface area contributed by atoms with Crippen molar-refractivity contribution in [2.24, 2.45) is 0 Å². The van der Waals surface area contributed by atoms with Crippen LogP contribution in [0.3, 0.4) is 0 Å². The van der Waals surface area contributed by atoms with Crippen LogP contribution in [0.5, 0.6) is 11.5 Å². The molecule has 0 aromatic heterocycles. The van der Waals surface area contributed by atoms with E-state index in [0.29, 0.717) is 11.3 Å². The van der Waals surface area contributed by atoms with Crippen LogP contribution in [0.4, 0.5) is 5.69 Å². The van der Waals surface area contributed by atoms with Crippen LogP contribution in [0.25, 0.3) is 12.2 Å². The summed E-state index contributed by atoms with van der Waals surface area (Å²) >= 11 is 0. The van der Waals surface area contributed by atoms with Crippen LogP contribution in [0.1, 0.15) is 35.1 Å². The van der Waals surface area contributed by atoms with Gasteiger partial charge < -0.3 is 9.64 Å². The minimum atomic E-state index is -4.41. The predicted octanol–water partition coefficient (Wildman–Crippen LogP) is 3.40. The third-order valence-electron chi connectivity index (χ3n) is 6.70. The number of hydrogen-bond acceptors (Lipinski definition) is 4. The zero-order chi connectivity index (χ0) is 22.0. The molecular weight excluding hydrogens is 422 g/mol. The Kier molecular flexibility index (Phi) is 4.26. The van der Waals surface area contributed by atoms with E-state index in [2.05, 4.69) is 17.5 Å². The van der Waals surface area contributed by atoms with Crippen molar-refractivity contribution in [3.63, 3.8) is 0 Å². The van der Waals surface area contributed by atoms with E-state index >= 15 is 0 Å².